The zero-order valence-corrected chi connectivity index (χ0v) is 13.1. The van der Waals surface area contributed by atoms with Crippen LogP contribution in [-0.4, -0.2) is 7.05 Å². The first-order valence-electron chi connectivity index (χ1n) is 5.52. The highest BCUT2D eigenvalue weighted by Crippen LogP contribution is 2.27. The summed E-state index contributed by atoms with van der Waals surface area (Å²) in [5.74, 6) is 0. The van der Waals surface area contributed by atoms with Crippen LogP contribution in [0.25, 0.3) is 0 Å². The molecule has 1 aromatic carbocycles. The first-order valence-corrected chi connectivity index (χ1v) is 7.57. The molecule has 0 aliphatic carbocycles. The maximum atomic E-state index is 6.05. The molecule has 0 saturated carbocycles. The Hall–Kier alpha value is -0.550. The van der Waals surface area contributed by atoms with E-state index in [9.17, 15) is 0 Å². The number of nitrogens with zero attached hydrogens (tertiary/aromatic N) is 1. The van der Waals surface area contributed by atoms with Crippen LogP contribution in [0.3, 0.4) is 0 Å². The summed E-state index contributed by atoms with van der Waals surface area (Å²) in [7, 11) is 2.05. The summed E-state index contributed by atoms with van der Waals surface area (Å²) >= 11 is 11.2. The second-order valence-electron chi connectivity index (χ2n) is 4.09. The molecular weight excluding hydrogens is 332 g/mol. The Bertz CT molecular complexity index is 542. The minimum Gasteiger partial charge on any atom is -0.370 e. The fourth-order valence-corrected chi connectivity index (χ4v) is 3.22. The van der Waals surface area contributed by atoms with Gasteiger partial charge in [0.1, 0.15) is 0 Å². The average molecular weight is 346 g/mol. The Morgan fingerprint density at radius 1 is 1.39 bits per heavy atom. The van der Waals surface area contributed by atoms with Crippen molar-refractivity contribution in [3.8, 4) is 0 Å². The van der Waals surface area contributed by atoms with Crippen molar-refractivity contribution in [1.29, 1.82) is 0 Å². The van der Waals surface area contributed by atoms with E-state index in [-0.39, 0.29) is 0 Å². The van der Waals surface area contributed by atoms with Gasteiger partial charge >= 0.3 is 0 Å². The lowest BCUT2D eigenvalue weighted by Crippen LogP contribution is -2.18. The molecule has 96 valence electrons. The van der Waals surface area contributed by atoms with Gasteiger partial charge in [-0.05, 0) is 50.6 Å². The molecule has 0 atom stereocenters. The first-order chi connectivity index (χ1) is 8.60. The molecule has 0 fully saturated rings. The van der Waals surface area contributed by atoms with Crippen LogP contribution in [0.1, 0.15) is 11.1 Å². The van der Waals surface area contributed by atoms with Crippen molar-refractivity contribution in [3.63, 3.8) is 0 Å². The van der Waals surface area contributed by atoms with E-state index in [0.29, 0.717) is 6.54 Å². The first kappa shape index (κ1) is 13.9. The molecule has 2 aromatic rings. The summed E-state index contributed by atoms with van der Waals surface area (Å²) in [6.07, 6.45) is 0. The lowest BCUT2D eigenvalue weighted by molar-refractivity contribution is 0.907. The summed E-state index contributed by atoms with van der Waals surface area (Å²) in [6.45, 7) is 1.36. The molecule has 0 bridgehead atoms. The van der Waals surface area contributed by atoms with Crippen LogP contribution in [0.4, 0.5) is 5.69 Å². The number of hydrogen-bond acceptors (Lipinski definition) is 3. The summed E-state index contributed by atoms with van der Waals surface area (Å²) in [6, 6.07) is 7.96. The van der Waals surface area contributed by atoms with E-state index in [0.717, 1.165) is 26.6 Å². The summed E-state index contributed by atoms with van der Waals surface area (Å²) < 4.78 is 1.15. The van der Waals surface area contributed by atoms with Gasteiger partial charge in [0.2, 0.25) is 0 Å². The third-order valence-corrected chi connectivity index (χ3v) is 4.51. The Morgan fingerprint density at radius 2 is 2.17 bits per heavy atom. The van der Waals surface area contributed by atoms with Gasteiger partial charge in [0.25, 0.3) is 0 Å². The smallest absolute Gasteiger partial charge is 0.0701 e. The Balaban J connectivity index is 2.22. The Morgan fingerprint density at radius 3 is 2.78 bits per heavy atom. The van der Waals surface area contributed by atoms with E-state index in [4.69, 9.17) is 17.3 Å². The van der Waals surface area contributed by atoms with Gasteiger partial charge in [0.05, 0.1) is 3.79 Å². The fraction of sp³-hybridized carbons (Fsp3) is 0.231. The lowest BCUT2D eigenvalue weighted by atomic mass is 10.1. The van der Waals surface area contributed by atoms with Crippen molar-refractivity contribution in [1.82, 2.24) is 0 Å². The van der Waals surface area contributed by atoms with Crippen molar-refractivity contribution in [2.45, 2.75) is 13.1 Å². The van der Waals surface area contributed by atoms with Crippen LogP contribution >= 0.6 is 38.9 Å². The molecule has 0 radical (unpaired) electrons. The Labute approximate surface area is 124 Å². The van der Waals surface area contributed by atoms with Crippen molar-refractivity contribution < 1.29 is 0 Å². The second-order valence-corrected chi connectivity index (χ2v) is 6.82. The standard InChI is InChI=1S/C13H14BrClN2S/c1-17(7-9-4-13(14)18-8-9)12-5-11(15)3-2-10(12)6-16/h2-5,8H,6-7,16H2,1H3. The topological polar surface area (TPSA) is 29.3 Å². The fourth-order valence-electron chi connectivity index (χ4n) is 1.85. The lowest BCUT2D eigenvalue weighted by Gasteiger charge is -2.22. The molecule has 0 aliphatic rings. The molecule has 0 aliphatic heterocycles. The zero-order chi connectivity index (χ0) is 13.1. The molecule has 0 saturated heterocycles. The molecule has 0 amide bonds. The number of nitrogens with two attached hydrogens (primary N) is 1. The molecule has 0 unspecified atom stereocenters. The van der Waals surface area contributed by atoms with E-state index < -0.39 is 0 Å². The minimum absolute atomic E-state index is 0.518. The van der Waals surface area contributed by atoms with Crippen LogP contribution in [0.15, 0.2) is 33.4 Å². The molecule has 5 heteroatoms. The van der Waals surface area contributed by atoms with Crippen LogP contribution in [0.2, 0.25) is 5.02 Å². The third kappa shape index (κ3) is 3.26. The highest BCUT2D eigenvalue weighted by molar-refractivity contribution is 9.11. The minimum atomic E-state index is 0.518. The highest BCUT2D eigenvalue weighted by atomic mass is 79.9. The van der Waals surface area contributed by atoms with Crippen LogP contribution < -0.4 is 10.6 Å². The number of benzene rings is 1. The number of halogens is 2. The molecule has 2 rings (SSSR count). The highest BCUT2D eigenvalue weighted by Gasteiger charge is 2.09. The van der Waals surface area contributed by atoms with Gasteiger partial charge in [-0.2, -0.15) is 0 Å². The SMILES string of the molecule is CN(Cc1csc(Br)c1)c1cc(Cl)ccc1CN. The maximum absolute atomic E-state index is 6.05. The monoisotopic (exact) mass is 344 g/mol. The predicted molar refractivity (Wildman–Crippen MR) is 83.5 cm³/mol. The normalized spacial score (nSPS) is 10.7. The van der Waals surface area contributed by atoms with Gasteiger partial charge in [-0.1, -0.05) is 17.7 Å². The average Bonchev–Trinajstić information content (AvgIpc) is 2.74. The largest absolute Gasteiger partial charge is 0.370 e. The van der Waals surface area contributed by atoms with E-state index in [1.165, 1.54) is 5.56 Å². The number of thiophene rings is 1. The molecule has 0 spiro atoms. The predicted octanol–water partition coefficient (Wildman–Crippen LogP) is 4.26. The molecule has 2 nitrogen and oxygen atoms in total. The maximum Gasteiger partial charge on any atom is 0.0701 e. The van der Waals surface area contributed by atoms with Gasteiger partial charge in [0.15, 0.2) is 0 Å². The molecular formula is C13H14BrClN2S. The quantitative estimate of drug-likeness (QED) is 0.897. The van der Waals surface area contributed by atoms with Crippen LogP contribution in [0.5, 0.6) is 0 Å². The van der Waals surface area contributed by atoms with Crippen molar-refractivity contribution in [2.75, 3.05) is 11.9 Å². The van der Waals surface area contributed by atoms with E-state index >= 15 is 0 Å². The summed E-state index contributed by atoms with van der Waals surface area (Å²) in [5.41, 5.74) is 9.23. The van der Waals surface area contributed by atoms with Crippen LogP contribution in [0, 0.1) is 0 Å². The van der Waals surface area contributed by atoms with Crippen molar-refractivity contribution in [3.05, 3.63) is 49.6 Å². The molecule has 1 aromatic heterocycles. The molecule has 18 heavy (non-hydrogen) atoms. The van der Waals surface area contributed by atoms with E-state index in [1.807, 2.05) is 18.2 Å². The number of anilines is 1. The second kappa shape index (κ2) is 6.06. The van der Waals surface area contributed by atoms with Gasteiger partial charge in [-0.25, -0.2) is 0 Å². The molecule has 2 N–H and O–H groups in total. The zero-order valence-electron chi connectivity index (χ0n) is 9.99. The van der Waals surface area contributed by atoms with Gasteiger partial charge in [-0.3, -0.25) is 0 Å². The van der Waals surface area contributed by atoms with Gasteiger partial charge < -0.3 is 10.6 Å². The number of rotatable bonds is 4. The van der Waals surface area contributed by atoms with Crippen molar-refractivity contribution in [2.24, 2.45) is 5.73 Å². The Kier molecular flexibility index (Phi) is 4.67. The van der Waals surface area contributed by atoms with Crippen molar-refractivity contribution >= 4 is 44.6 Å². The summed E-state index contributed by atoms with van der Waals surface area (Å²) in [5, 5.41) is 2.88. The van der Waals surface area contributed by atoms with E-state index in [2.05, 4.69) is 39.3 Å². The van der Waals surface area contributed by atoms with E-state index in [1.54, 1.807) is 11.3 Å². The molecule has 1 heterocycles. The summed E-state index contributed by atoms with van der Waals surface area (Å²) in [4.78, 5) is 2.17. The van der Waals surface area contributed by atoms with Gasteiger partial charge in [-0.15, -0.1) is 11.3 Å². The van der Waals surface area contributed by atoms with Crippen LogP contribution in [-0.2, 0) is 13.1 Å². The third-order valence-electron chi connectivity index (χ3n) is 2.72. The van der Waals surface area contributed by atoms with Gasteiger partial charge in [0, 0.05) is 30.8 Å². The number of hydrogen-bond donors (Lipinski definition) is 1.